The number of carbonyl (C=O) groups is 1. The van der Waals surface area contributed by atoms with Gasteiger partial charge in [0.05, 0.1) is 7.11 Å². The van der Waals surface area contributed by atoms with Gasteiger partial charge in [0.25, 0.3) is 0 Å². The zero-order valence-corrected chi connectivity index (χ0v) is 10.9. The van der Waals surface area contributed by atoms with Gasteiger partial charge in [0, 0.05) is 6.26 Å². The number of benzene rings is 1. The molecular weight excluding hydrogens is 258 g/mol. The van der Waals surface area contributed by atoms with Gasteiger partial charge in [-0.1, -0.05) is 12.1 Å². The van der Waals surface area contributed by atoms with Crippen LogP contribution in [0.1, 0.15) is 5.56 Å². The minimum Gasteiger partial charge on any atom is -0.495 e. The van der Waals surface area contributed by atoms with Crippen molar-refractivity contribution < 1.29 is 23.1 Å². The summed E-state index contributed by atoms with van der Waals surface area (Å²) in [4.78, 5) is 10.7. The topological polar surface area (TPSA) is 107 Å². The van der Waals surface area contributed by atoms with Gasteiger partial charge in [-0.2, -0.15) is 0 Å². The normalized spacial score (nSPS) is 13.1. The van der Waals surface area contributed by atoms with E-state index in [0.29, 0.717) is 5.56 Å². The van der Waals surface area contributed by atoms with Crippen molar-refractivity contribution in [3.05, 3.63) is 23.8 Å². The summed E-state index contributed by atoms with van der Waals surface area (Å²) in [5.41, 5.74) is 5.76. The first-order valence-corrected chi connectivity index (χ1v) is 7.01. The molecule has 0 aliphatic heterocycles. The molecule has 0 saturated heterocycles. The molecule has 0 aliphatic rings. The van der Waals surface area contributed by atoms with Crippen molar-refractivity contribution in [3.8, 4) is 5.75 Å². The van der Waals surface area contributed by atoms with Crippen LogP contribution in [0.3, 0.4) is 0 Å². The second kappa shape index (κ2) is 5.36. The third kappa shape index (κ3) is 3.21. The van der Waals surface area contributed by atoms with Crippen molar-refractivity contribution in [1.82, 2.24) is 0 Å². The number of methoxy groups -OCH3 is 1. The smallest absolute Gasteiger partial charge is 0.320 e. The zero-order chi connectivity index (χ0) is 13.9. The summed E-state index contributed by atoms with van der Waals surface area (Å²) in [6.07, 6.45) is 0.968. The highest BCUT2D eigenvalue weighted by molar-refractivity contribution is 7.90. The second-order valence-corrected chi connectivity index (χ2v) is 5.82. The SMILES string of the molecule is COc1cccc(CC(N)C(=O)O)c1S(C)(=O)=O. The fraction of sp³-hybridized carbons (Fsp3) is 0.364. The van der Waals surface area contributed by atoms with Crippen molar-refractivity contribution in [2.24, 2.45) is 5.73 Å². The number of carboxylic acids is 1. The van der Waals surface area contributed by atoms with Crippen LogP contribution in [0.15, 0.2) is 23.1 Å². The van der Waals surface area contributed by atoms with E-state index in [1.807, 2.05) is 0 Å². The lowest BCUT2D eigenvalue weighted by Gasteiger charge is -2.13. The van der Waals surface area contributed by atoms with Crippen LogP contribution in [0.4, 0.5) is 0 Å². The molecule has 1 aromatic carbocycles. The highest BCUT2D eigenvalue weighted by Crippen LogP contribution is 2.28. The predicted octanol–water partition coefficient (Wildman–Crippen LogP) is 0.0531. The maximum atomic E-state index is 11.7. The number of aliphatic carboxylic acids is 1. The fourth-order valence-electron chi connectivity index (χ4n) is 1.63. The zero-order valence-electron chi connectivity index (χ0n) is 10.1. The lowest BCUT2D eigenvalue weighted by Crippen LogP contribution is -2.32. The van der Waals surface area contributed by atoms with E-state index in [-0.39, 0.29) is 17.1 Å². The molecular formula is C11H15NO5S. The Bertz CT molecular complexity index is 553. The first-order chi connectivity index (χ1) is 8.27. The van der Waals surface area contributed by atoms with E-state index in [1.54, 1.807) is 6.07 Å². The van der Waals surface area contributed by atoms with E-state index in [9.17, 15) is 13.2 Å². The number of hydrogen-bond donors (Lipinski definition) is 2. The van der Waals surface area contributed by atoms with E-state index in [4.69, 9.17) is 15.6 Å². The number of carboxylic acid groups (broad SMARTS) is 1. The highest BCUT2D eigenvalue weighted by Gasteiger charge is 2.22. The maximum absolute atomic E-state index is 11.7. The van der Waals surface area contributed by atoms with Crippen LogP contribution in [0.5, 0.6) is 5.75 Å². The van der Waals surface area contributed by atoms with Crippen LogP contribution in [0.25, 0.3) is 0 Å². The van der Waals surface area contributed by atoms with E-state index in [2.05, 4.69) is 0 Å². The number of rotatable bonds is 5. The van der Waals surface area contributed by atoms with Gasteiger partial charge in [0.15, 0.2) is 9.84 Å². The number of ether oxygens (including phenoxy) is 1. The van der Waals surface area contributed by atoms with E-state index in [0.717, 1.165) is 6.26 Å². The monoisotopic (exact) mass is 273 g/mol. The first-order valence-electron chi connectivity index (χ1n) is 5.11. The average molecular weight is 273 g/mol. The third-order valence-electron chi connectivity index (χ3n) is 2.41. The highest BCUT2D eigenvalue weighted by atomic mass is 32.2. The summed E-state index contributed by atoms with van der Waals surface area (Å²) in [7, 11) is -2.17. The van der Waals surface area contributed by atoms with Crippen molar-refractivity contribution in [2.75, 3.05) is 13.4 Å². The molecule has 0 bridgehead atoms. The quantitative estimate of drug-likeness (QED) is 0.785. The molecule has 0 saturated carbocycles. The van der Waals surface area contributed by atoms with Crippen LogP contribution in [0.2, 0.25) is 0 Å². The summed E-state index contributed by atoms with van der Waals surface area (Å²) in [5.74, 6) is -0.996. The molecule has 1 aromatic rings. The Labute approximate surface area is 105 Å². The Morgan fingerprint density at radius 1 is 1.50 bits per heavy atom. The van der Waals surface area contributed by atoms with Gasteiger partial charge in [-0.3, -0.25) is 4.79 Å². The standard InChI is InChI=1S/C11H15NO5S/c1-17-9-5-3-4-7(6-8(12)11(13)14)10(9)18(2,15)16/h3-5,8H,6,12H2,1-2H3,(H,13,14). The second-order valence-electron chi connectivity index (χ2n) is 3.87. The lowest BCUT2D eigenvalue weighted by molar-refractivity contribution is -0.138. The van der Waals surface area contributed by atoms with Crippen LogP contribution < -0.4 is 10.5 Å². The van der Waals surface area contributed by atoms with Crippen LogP contribution in [-0.4, -0.2) is 38.9 Å². The lowest BCUT2D eigenvalue weighted by atomic mass is 10.1. The van der Waals surface area contributed by atoms with Crippen LogP contribution >= 0.6 is 0 Å². The number of nitrogens with two attached hydrogens (primary N) is 1. The van der Waals surface area contributed by atoms with Gasteiger partial charge in [0.1, 0.15) is 16.7 Å². The van der Waals surface area contributed by atoms with Crippen molar-refractivity contribution in [2.45, 2.75) is 17.4 Å². The first kappa shape index (κ1) is 14.5. The fourth-order valence-corrected chi connectivity index (χ4v) is 2.77. The molecule has 7 heteroatoms. The van der Waals surface area contributed by atoms with E-state index < -0.39 is 21.8 Å². The molecule has 0 radical (unpaired) electrons. The molecule has 0 amide bonds. The van der Waals surface area contributed by atoms with Crippen molar-refractivity contribution in [3.63, 3.8) is 0 Å². The molecule has 0 aliphatic carbocycles. The molecule has 18 heavy (non-hydrogen) atoms. The molecule has 0 aromatic heterocycles. The minimum atomic E-state index is -3.52. The van der Waals surface area contributed by atoms with E-state index >= 15 is 0 Å². The molecule has 0 fully saturated rings. The Kier molecular flexibility index (Phi) is 4.31. The average Bonchev–Trinajstić information content (AvgIpc) is 2.26. The molecule has 3 N–H and O–H groups in total. The summed E-state index contributed by atoms with van der Waals surface area (Å²) in [5, 5.41) is 8.76. The summed E-state index contributed by atoms with van der Waals surface area (Å²) >= 11 is 0. The summed E-state index contributed by atoms with van der Waals surface area (Å²) in [6, 6.07) is 3.48. The molecule has 0 heterocycles. The Balaban J connectivity index is 3.32. The van der Waals surface area contributed by atoms with Crippen molar-refractivity contribution >= 4 is 15.8 Å². The van der Waals surface area contributed by atoms with Crippen molar-refractivity contribution in [1.29, 1.82) is 0 Å². The van der Waals surface area contributed by atoms with Gasteiger partial charge >= 0.3 is 5.97 Å². The molecule has 1 unspecified atom stereocenters. The maximum Gasteiger partial charge on any atom is 0.320 e. The number of hydrogen-bond acceptors (Lipinski definition) is 5. The largest absolute Gasteiger partial charge is 0.495 e. The van der Waals surface area contributed by atoms with Gasteiger partial charge in [0.2, 0.25) is 0 Å². The predicted molar refractivity (Wildman–Crippen MR) is 65.4 cm³/mol. The molecule has 6 nitrogen and oxygen atoms in total. The molecule has 1 atom stereocenters. The van der Waals surface area contributed by atoms with Crippen LogP contribution in [-0.2, 0) is 21.1 Å². The Morgan fingerprint density at radius 3 is 2.56 bits per heavy atom. The molecule has 100 valence electrons. The number of sulfone groups is 1. The molecule has 1 rings (SSSR count). The van der Waals surface area contributed by atoms with Gasteiger partial charge in [-0.25, -0.2) is 8.42 Å². The minimum absolute atomic E-state index is 0.01000. The van der Waals surface area contributed by atoms with Gasteiger partial charge < -0.3 is 15.6 Å². The molecule has 0 spiro atoms. The van der Waals surface area contributed by atoms with E-state index in [1.165, 1.54) is 19.2 Å². The third-order valence-corrected chi connectivity index (χ3v) is 3.61. The Hall–Kier alpha value is -1.60. The Morgan fingerprint density at radius 2 is 2.11 bits per heavy atom. The van der Waals surface area contributed by atoms with Crippen LogP contribution in [0, 0.1) is 0 Å². The summed E-state index contributed by atoms with van der Waals surface area (Å²) < 4.78 is 28.4. The van der Waals surface area contributed by atoms with Gasteiger partial charge in [-0.05, 0) is 18.1 Å². The van der Waals surface area contributed by atoms with Gasteiger partial charge in [-0.15, -0.1) is 0 Å². The summed E-state index contributed by atoms with van der Waals surface area (Å²) in [6.45, 7) is 0.